The second-order valence-electron chi connectivity index (χ2n) is 21.2. The van der Waals surface area contributed by atoms with Crippen LogP contribution in [0.1, 0.15) is 118 Å². The molecule has 0 N–H and O–H groups in total. The van der Waals surface area contributed by atoms with Crippen molar-refractivity contribution in [2.75, 3.05) is 0 Å². The van der Waals surface area contributed by atoms with Crippen LogP contribution in [-0.4, -0.2) is 9.97 Å². The third-order valence-corrected chi connectivity index (χ3v) is 15.9. The summed E-state index contributed by atoms with van der Waals surface area (Å²) in [5.74, 6) is -0.460. The Labute approximate surface area is 423 Å². The fraction of sp³-hybridized carbons (Fsp3) is 0.292. The van der Waals surface area contributed by atoms with Gasteiger partial charge in [-0.05, 0) is 204 Å². The van der Waals surface area contributed by atoms with Crippen LogP contribution in [0.2, 0.25) is 0 Å². The number of rotatable bonds is 8. The first-order valence-electron chi connectivity index (χ1n) is 28.9. The van der Waals surface area contributed by atoms with Gasteiger partial charge in [-0.2, -0.15) is 0 Å². The van der Waals surface area contributed by atoms with Crippen LogP contribution in [-0.2, 0) is 0 Å². The Kier molecular flexibility index (Phi) is 8.72. The van der Waals surface area contributed by atoms with E-state index in [0.29, 0.717) is 44.5 Å². The van der Waals surface area contributed by atoms with E-state index >= 15 is 0 Å². The second-order valence-corrected chi connectivity index (χ2v) is 21.2. The molecule has 0 aliphatic heterocycles. The zero-order valence-electron chi connectivity index (χ0n) is 51.3. The molecule has 1 aliphatic carbocycles. The summed E-state index contributed by atoms with van der Waals surface area (Å²) in [4.78, 5) is 9.47. The molecule has 69 heavy (non-hydrogen) atoms. The van der Waals surface area contributed by atoms with Gasteiger partial charge in [-0.1, -0.05) is 120 Å². The van der Waals surface area contributed by atoms with E-state index in [1.807, 2.05) is 50.4 Å². The van der Waals surface area contributed by atoms with Crippen molar-refractivity contribution in [3.05, 3.63) is 178 Å². The normalized spacial score (nSPS) is 18.6. The number of aromatic nitrogens is 2. The minimum atomic E-state index is -2.80. The first-order valence-corrected chi connectivity index (χ1v) is 23.9. The zero-order chi connectivity index (χ0) is 57.2. The molecule has 1 aliphatic rings. The zero-order valence-corrected chi connectivity index (χ0v) is 41.3. The summed E-state index contributed by atoms with van der Waals surface area (Å²) in [5.41, 5.74) is 12.2. The number of nitrogens with zero attached hydrogens (tertiary/aromatic N) is 2. The van der Waals surface area contributed by atoms with Crippen molar-refractivity contribution in [2.45, 2.75) is 109 Å². The van der Waals surface area contributed by atoms with Crippen molar-refractivity contribution in [2.24, 2.45) is 16.2 Å². The van der Waals surface area contributed by atoms with E-state index in [1.54, 1.807) is 36.4 Å². The first kappa shape index (κ1) is 35.4. The van der Waals surface area contributed by atoms with Gasteiger partial charge >= 0.3 is 0 Å². The lowest BCUT2D eigenvalue weighted by Gasteiger charge is -2.59. The minimum Gasteiger partial charge on any atom is -0.457 e. The smallest absolute Gasteiger partial charge is 0.145 e. The molecule has 0 saturated heterocycles. The average molecular weight is 917 g/mol. The Hall–Kier alpha value is -6.78. The van der Waals surface area contributed by atoms with Crippen LogP contribution in [0.4, 0.5) is 0 Å². The Morgan fingerprint density at radius 1 is 0.551 bits per heavy atom. The highest BCUT2D eigenvalue weighted by Gasteiger charge is 2.53. The number of benzene rings is 6. The number of furan rings is 1. The topological polar surface area (TPSA) is 48.2 Å². The van der Waals surface area contributed by atoms with Crippen LogP contribution < -0.4 is 4.74 Å². The maximum atomic E-state index is 9.90. The number of fused-ring (bicyclic) bond motifs is 3. The van der Waals surface area contributed by atoms with Crippen LogP contribution >= 0.6 is 0 Å². The van der Waals surface area contributed by atoms with E-state index in [2.05, 4.69) is 103 Å². The monoisotopic (exact) mass is 917 g/mol. The number of aryl methyl sites for hydroxylation is 6. The fourth-order valence-corrected chi connectivity index (χ4v) is 10.6. The highest BCUT2D eigenvalue weighted by Crippen LogP contribution is 2.63. The van der Waals surface area contributed by atoms with Crippen LogP contribution in [0.5, 0.6) is 11.5 Å². The van der Waals surface area contributed by atoms with Crippen molar-refractivity contribution in [1.29, 1.82) is 0 Å². The van der Waals surface area contributed by atoms with E-state index in [4.69, 9.17) is 26.5 Å². The number of hydrogen-bond donors (Lipinski definition) is 0. The quantitative estimate of drug-likeness (QED) is 0.152. The van der Waals surface area contributed by atoms with Gasteiger partial charge in [0.25, 0.3) is 0 Å². The van der Waals surface area contributed by atoms with Crippen LogP contribution in [0.15, 0.2) is 138 Å². The summed E-state index contributed by atoms with van der Waals surface area (Å²) >= 11 is 0. The molecule has 0 radical (unpaired) electrons. The largest absolute Gasteiger partial charge is 0.457 e. The van der Waals surface area contributed by atoms with Crippen molar-refractivity contribution in [3.63, 3.8) is 0 Å². The lowest BCUT2D eigenvalue weighted by molar-refractivity contribution is -0.0744. The molecular formula is C65H66N2O2. The van der Waals surface area contributed by atoms with Gasteiger partial charge in [-0.15, -0.1) is 0 Å². The van der Waals surface area contributed by atoms with Gasteiger partial charge in [0.1, 0.15) is 22.7 Å². The molecule has 0 atom stereocenters. The van der Waals surface area contributed by atoms with E-state index in [-0.39, 0.29) is 44.6 Å². The standard InChI is InChI=1S/C65H66N2O2/c1-38-19-22-53-56-31-50(68-60-30-48(58-28-39(2)42(5)36-66-58)29-55(44(60)7)45-17-15-14-16-18-45)32-57(62(56)69-61(53)25-38)59-33-54(43(6)37-67-59)52-24-21-47(27-41(52)4)51-23-20-46(26-40(51)3)49-34-63(8,9)65(12,13)64(10,11)35-49/h14-33,36-37,49H,34-35H2,1-13H3/i2D3,5D3,7D3,49D. The lowest BCUT2D eigenvalue weighted by atomic mass is 9.46. The van der Waals surface area contributed by atoms with Gasteiger partial charge in [0.2, 0.25) is 0 Å². The molecule has 1 saturated carbocycles. The van der Waals surface area contributed by atoms with E-state index in [0.717, 1.165) is 74.5 Å². The SMILES string of the molecule is [2H]C([2H])([2H])c1cnc(-c2cc(Oc3cc(-c4cc(-c5ccc(-c6ccc(C7([2H])CC(C)(C)C(C)(C)C(C)(C)C7)cc6C)cc5C)c(C)cn4)c4oc5cc(C)ccc5c4c3)c(C([2H])([2H])[2H])c(-c3ccccc3)c2)cc1C([2H])([2H])[2H]. The molecule has 4 nitrogen and oxygen atoms in total. The molecule has 348 valence electrons. The van der Waals surface area contributed by atoms with Crippen LogP contribution in [0.3, 0.4) is 0 Å². The number of ether oxygens (including phenoxy) is 1. The van der Waals surface area contributed by atoms with E-state index in [1.165, 1.54) is 12.1 Å². The van der Waals surface area contributed by atoms with Crippen molar-refractivity contribution >= 4 is 21.9 Å². The average Bonchev–Trinajstić information content (AvgIpc) is 3.64. The summed E-state index contributed by atoms with van der Waals surface area (Å²) in [6.07, 6.45) is 4.48. The third kappa shape index (κ3) is 8.16. The first-order chi connectivity index (χ1) is 36.8. The maximum absolute atomic E-state index is 9.90. The highest BCUT2D eigenvalue weighted by molar-refractivity contribution is 6.10. The Morgan fingerprint density at radius 3 is 2.00 bits per heavy atom. The molecule has 10 rings (SSSR count). The predicted octanol–water partition coefficient (Wildman–Crippen LogP) is 18.6. The van der Waals surface area contributed by atoms with Gasteiger partial charge in [0.15, 0.2) is 0 Å². The summed E-state index contributed by atoms with van der Waals surface area (Å²) in [5, 5.41) is 1.52. The molecule has 4 heteroatoms. The fourth-order valence-electron chi connectivity index (χ4n) is 10.6. The van der Waals surface area contributed by atoms with Crippen molar-refractivity contribution in [3.8, 4) is 67.4 Å². The Balaban J connectivity index is 1.08. The van der Waals surface area contributed by atoms with Gasteiger partial charge < -0.3 is 9.15 Å². The van der Waals surface area contributed by atoms with E-state index < -0.39 is 32.0 Å². The molecule has 0 spiro atoms. The van der Waals surface area contributed by atoms with Gasteiger partial charge in [0.05, 0.1) is 11.4 Å². The Bertz CT molecular complexity index is 3860. The van der Waals surface area contributed by atoms with Crippen LogP contribution in [0, 0.1) is 64.5 Å². The molecule has 6 aromatic carbocycles. The summed E-state index contributed by atoms with van der Waals surface area (Å²) in [6, 6.07) is 38.1. The van der Waals surface area contributed by atoms with Crippen molar-refractivity contribution < 1.29 is 22.9 Å². The van der Waals surface area contributed by atoms with Gasteiger partial charge in [0, 0.05) is 48.0 Å². The third-order valence-electron chi connectivity index (χ3n) is 15.9. The summed E-state index contributed by atoms with van der Waals surface area (Å²) in [7, 11) is 0. The molecule has 3 heterocycles. The highest BCUT2D eigenvalue weighted by atomic mass is 16.5. The minimum absolute atomic E-state index is 0.0302. The molecule has 0 unspecified atom stereocenters. The molecule has 1 fully saturated rings. The second kappa shape index (κ2) is 17.0. The summed E-state index contributed by atoms with van der Waals surface area (Å²) < 4.78 is 99.4. The molecule has 3 aromatic heterocycles. The molecule has 9 aromatic rings. The lowest BCUT2D eigenvalue weighted by Crippen LogP contribution is -2.49. The van der Waals surface area contributed by atoms with Crippen LogP contribution in [0.25, 0.3) is 77.8 Å². The van der Waals surface area contributed by atoms with Crippen molar-refractivity contribution in [1.82, 2.24) is 9.97 Å². The van der Waals surface area contributed by atoms with E-state index in [9.17, 15) is 1.37 Å². The molecule has 0 bridgehead atoms. The number of pyridine rings is 2. The summed E-state index contributed by atoms with van der Waals surface area (Å²) in [6.45, 7) is 14.0. The maximum Gasteiger partial charge on any atom is 0.145 e. The molecular weight excluding hydrogens is 841 g/mol. The van der Waals surface area contributed by atoms with Gasteiger partial charge in [-0.25, -0.2) is 0 Å². The predicted molar refractivity (Wildman–Crippen MR) is 289 cm³/mol. The molecule has 0 amide bonds. The van der Waals surface area contributed by atoms with Gasteiger partial charge in [-0.3, -0.25) is 9.97 Å². The Morgan fingerprint density at radius 2 is 1.28 bits per heavy atom. The number of hydrogen-bond acceptors (Lipinski definition) is 4.